The normalized spacial score (nSPS) is 25.4. The summed E-state index contributed by atoms with van der Waals surface area (Å²) in [5.74, 6) is -18.8. The first-order valence-corrected chi connectivity index (χ1v) is 43.8. The Balaban J connectivity index is 1.17. The molecule has 3 saturated heterocycles. The molecule has 0 saturated carbocycles. The van der Waals surface area contributed by atoms with Gasteiger partial charge in [-0.25, -0.2) is 0 Å². The number of nitrogens with one attached hydrogen (secondary N) is 14. The lowest BCUT2D eigenvalue weighted by Crippen LogP contribution is -2.61. The van der Waals surface area contributed by atoms with Gasteiger partial charge in [-0.2, -0.15) is 0 Å². The molecular weight excluding hydrogens is 1700 g/mol. The zero-order valence-electron chi connectivity index (χ0n) is 73.3. The molecule has 24 N–H and O–H groups in total. The van der Waals surface area contributed by atoms with Crippen molar-refractivity contribution in [2.24, 2.45) is 23.1 Å². The van der Waals surface area contributed by atoms with Crippen LogP contribution in [0.15, 0.2) is 85.2 Å². The monoisotopic (exact) mass is 1820 g/mol. The summed E-state index contributed by atoms with van der Waals surface area (Å²) >= 11 is 0.744. The van der Waals surface area contributed by atoms with Gasteiger partial charge in [0.25, 0.3) is 0 Å². The summed E-state index contributed by atoms with van der Waals surface area (Å²) in [7, 11) is 3.78. The van der Waals surface area contributed by atoms with Gasteiger partial charge in [0.05, 0.1) is 38.0 Å². The number of amides is 17. The van der Waals surface area contributed by atoms with Gasteiger partial charge >= 0.3 is 0 Å². The molecule has 17 amide bonds. The van der Waals surface area contributed by atoms with E-state index >= 15 is 28.8 Å². The van der Waals surface area contributed by atoms with Crippen molar-refractivity contribution in [2.45, 2.75) is 209 Å². The number of aromatic hydroxyl groups is 1. The van der Waals surface area contributed by atoms with E-state index in [0.717, 1.165) is 36.3 Å². The minimum Gasteiger partial charge on any atom is -0.508 e. The summed E-state index contributed by atoms with van der Waals surface area (Å²) in [6.07, 6.45) is 0.208. The average molecular weight is 1820 g/mol. The first kappa shape index (κ1) is 101. The summed E-state index contributed by atoms with van der Waals surface area (Å²) in [6.45, 7) is 4.21. The van der Waals surface area contributed by atoms with E-state index in [1.165, 1.54) is 59.3 Å². The molecule has 0 bridgehead atoms. The van der Waals surface area contributed by atoms with E-state index in [0.29, 0.717) is 51.3 Å². The molecule has 2 aromatic heterocycles. The van der Waals surface area contributed by atoms with Crippen LogP contribution in [0.1, 0.15) is 116 Å². The first-order valence-electron chi connectivity index (χ1n) is 42.6. The molecule has 0 spiro atoms. The van der Waals surface area contributed by atoms with Crippen molar-refractivity contribution in [1.82, 2.24) is 93.0 Å². The van der Waals surface area contributed by atoms with Gasteiger partial charge < -0.3 is 131 Å². The zero-order valence-corrected chi connectivity index (χ0v) is 74.1. The van der Waals surface area contributed by atoms with Gasteiger partial charge in [-0.15, -0.1) is 11.8 Å². The first-order chi connectivity index (χ1) is 61.2. The Morgan fingerprint density at radius 3 is 1.62 bits per heavy atom. The topological polar surface area (TPSA) is 653 Å². The number of aromatic nitrogens is 2. The van der Waals surface area contributed by atoms with Gasteiger partial charge in [-0.3, -0.25) is 86.9 Å². The number of hydrogen-bond donors (Lipinski definition) is 21. The van der Waals surface area contributed by atoms with E-state index in [1.807, 2.05) is 6.92 Å². The number of phenols is 1. The summed E-state index contributed by atoms with van der Waals surface area (Å²) in [6, 6.07) is -2.94. The second-order valence-electron chi connectivity index (χ2n) is 32.9. The van der Waals surface area contributed by atoms with Crippen LogP contribution >= 0.6 is 11.8 Å². The van der Waals surface area contributed by atoms with Crippen molar-refractivity contribution in [1.29, 1.82) is 5.41 Å². The Morgan fingerprint density at radius 1 is 0.543 bits per heavy atom. The Hall–Kier alpha value is -13.0. The Kier molecular flexibility index (Phi) is 37.5. The predicted molar refractivity (Wildman–Crippen MR) is 471 cm³/mol. The molecule has 43 nitrogen and oxygen atoms in total. The molecule has 5 heterocycles. The lowest BCUT2D eigenvalue weighted by Gasteiger charge is -2.35. The Labute approximate surface area is 748 Å². The highest BCUT2D eigenvalue weighted by molar-refractivity contribution is 8.00. The lowest BCUT2D eigenvalue weighted by molar-refractivity contribution is -0.149. The average Bonchev–Trinajstić information content (AvgIpc) is 1.72. The van der Waals surface area contributed by atoms with Crippen LogP contribution in [0.2, 0.25) is 0 Å². The molecule has 702 valence electrons. The molecule has 3 fully saturated rings. The Bertz CT molecular complexity index is 4890. The number of nitrogens with two attached hydrogens (primary N) is 3. The molecule has 0 radical (unpaired) electrons. The van der Waals surface area contributed by atoms with Crippen LogP contribution in [0.5, 0.6) is 5.75 Å². The SMILES string of the molecule is CCCC[C@H]1C(=O)N(C)[C@@H](C)C(=O)N[C@@H](CCCNC(=N)N)C(=O)NC(C(=O)NCC(N)=O)CSCC(=O)N[C@@H](Cc2ccc(O)cc2)C(=O)N(C)[C@@H](C)C(=O)N[C@@H](CC(N)=O)C(=O)N2CCC[C@H]2C(=O)N[C@@H](CO)C(=O)N[C@@H](CC(C)C)C(=O)N2C[C@H](O)C[C@H]2C(=O)N[C@@H](Cc2c[nH]c3ccccc23)C(=O)N[C@@H](CO)C(=O)N[C@@H](Cc2c[nH]c3ccccc23)C(=O)N1C. The molecule has 1 unspecified atom stereocenters. The number of primary amides is 2. The minimum atomic E-state index is -1.90. The number of para-hydroxylation sites is 2. The number of aromatic amines is 2. The van der Waals surface area contributed by atoms with Gasteiger partial charge in [0.15, 0.2) is 5.96 Å². The molecular formula is C85H120N22O21S. The number of hydrogen-bond acceptors (Lipinski definition) is 23. The molecule has 5 aromatic rings. The van der Waals surface area contributed by atoms with Crippen molar-refractivity contribution in [2.75, 3.05) is 72.0 Å². The molecule has 129 heavy (non-hydrogen) atoms. The van der Waals surface area contributed by atoms with Crippen LogP contribution < -0.4 is 75.7 Å². The van der Waals surface area contributed by atoms with E-state index in [4.69, 9.17) is 22.6 Å². The summed E-state index contributed by atoms with van der Waals surface area (Å²) in [4.78, 5) is 258. The van der Waals surface area contributed by atoms with E-state index in [-0.39, 0.29) is 76.6 Å². The number of thioether (sulfide) groups is 1. The number of nitrogens with zero attached hydrogens (tertiary/aromatic N) is 5. The van der Waals surface area contributed by atoms with Crippen LogP contribution in [0.4, 0.5) is 0 Å². The standard InChI is InChI=1S/C85H120N22O21S/c1-9-10-22-66-84(128)104(7)46(5)71(115)95-56(21-15-28-90-85(88)89)74(118)102-64(73(117)93-38-69(87)113)42-129-43-70(114)94-59(31-47-24-26-50(110)27-25-47)80(124)103(6)45(4)72(116)97-61(35-68(86)112)82(126)106-29-16-23-65(106)78(122)101-63(41-109)77(121)98-58(30-44(2)3)83(127)107-39-51(111)34-67(107)79(123)96-57(32-48-36-91-54-19-13-11-17-52(48)54)75(119)100-62(40-108)76(120)99-60(81(125)105(66)8)33-49-37-92-55-20-14-12-18-53(49)55/h11-14,17-20,24-27,36-37,44-46,51,56-67,91-92,108-111H,9-10,15-16,21-23,28-35,38-43H2,1-8H3,(H2,86,112)(H2,87,113)(H,93,117)(H,94,114)(H,95,115)(H,96,123)(H,97,116)(H,98,121)(H,99,120)(H,100,119)(H,101,122)(H,102,118)(H4,88,89,90)/t45-,46-,51+,56-,57-,58-,59-,60-,61-,62-,63-,64?,65-,66-,67-/m0/s1. The number of H-pyrrole nitrogens is 2. The van der Waals surface area contributed by atoms with Crippen molar-refractivity contribution >= 4 is 140 Å². The molecule has 0 aliphatic carbocycles. The number of guanidine groups is 1. The minimum absolute atomic E-state index is 0.0210. The van der Waals surface area contributed by atoms with Gasteiger partial charge in [0.2, 0.25) is 100 Å². The highest BCUT2D eigenvalue weighted by Gasteiger charge is 2.46. The third-order valence-electron chi connectivity index (χ3n) is 22.9. The predicted octanol–water partition coefficient (Wildman–Crippen LogP) is -5.07. The van der Waals surface area contributed by atoms with E-state index in [2.05, 4.69) is 68.5 Å². The number of unbranched alkanes of at least 4 members (excludes halogenated alkanes) is 1. The van der Waals surface area contributed by atoms with Crippen LogP contribution in [0.25, 0.3) is 21.8 Å². The molecule has 44 heteroatoms. The maximum atomic E-state index is 15.5. The third-order valence-corrected chi connectivity index (χ3v) is 23.9. The number of aliphatic hydroxyl groups is 3. The molecule has 15 atom stereocenters. The van der Waals surface area contributed by atoms with Gasteiger partial charge in [0.1, 0.15) is 90.3 Å². The highest BCUT2D eigenvalue weighted by atomic mass is 32.2. The molecule has 3 aliphatic heterocycles. The quantitative estimate of drug-likeness (QED) is 0.0175. The Morgan fingerprint density at radius 2 is 1.05 bits per heavy atom. The molecule has 3 aromatic carbocycles. The fourth-order valence-corrected chi connectivity index (χ4v) is 16.4. The maximum absolute atomic E-state index is 15.5. The van der Waals surface area contributed by atoms with Crippen molar-refractivity contribution < 1.29 is 102 Å². The number of aliphatic hydroxyl groups excluding tert-OH is 3. The summed E-state index contributed by atoms with van der Waals surface area (Å²) in [5.41, 5.74) is 19.2. The number of carbonyl (C=O) groups excluding carboxylic acids is 17. The van der Waals surface area contributed by atoms with E-state index < -0.39 is 254 Å². The second kappa shape index (κ2) is 47.7. The molecule has 8 rings (SSSR count). The van der Waals surface area contributed by atoms with E-state index in [1.54, 1.807) is 74.8 Å². The van der Waals surface area contributed by atoms with Gasteiger partial charge in [-0.05, 0) is 99.2 Å². The van der Waals surface area contributed by atoms with Gasteiger partial charge in [-0.1, -0.05) is 82.1 Å². The fraction of sp³-hybridized carbons (Fsp3) is 0.529. The largest absolute Gasteiger partial charge is 0.508 e. The second-order valence-corrected chi connectivity index (χ2v) is 33.9. The van der Waals surface area contributed by atoms with Crippen LogP contribution in [0, 0.1) is 11.3 Å². The summed E-state index contributed by atoms with van der Waals surface area (Å²) in [5, 5.41) is 80.5. The third kappa shape index (κ3) is 28.0. The van der Waals surface area contributed by atoms with Crippen LogP contribution in [-0.4, -0.2) is 324 Å². The highest BCUT2D eigenvalue weighted by Crippen LogP contribution is 2.27. The lowest BCUT2D eigenvalue weighted by atomic mass is 10.0. The van der Waals surface area contributed by atoms with Crippen LogP contribution in [-0.2, 0) is 101 Å². The maximum Gasteiger partial charge on any atom is 0.246 e. The van der Waals surface area contributed by atoms with Gasteiger partial charge in [0, 0.05) is 106 Å². The number of fused-ring (bicyclic) bond motifs is 4. The number of benzene rings is 3. The van der Waals surface area contributed by atoms with Crippen LogP contribution in [0.3, 0.4) is 0 Å². The van der Waals surface area contributed by atoms with E-state index in [9.17, 15) is 73.2 Å². The smallest absolute Gasteiger partial charge is 0.246 e. The van der Waals surface area contributed by atoms with Crippen molar-refractivity contribution in [3.05, 3.63) is 102 Å². The number of carbonyl (C=O) groups is 17. The number of rotatable bonds is 22. The van der Waals surface area contributed by atoms with Crippen molar-refractivity contribution in [3.63, 3.8) is 0 Å². The van der Waals surface area contributed by atoms with Crippen molar-refractivity contribution in [3.8, 4) is 5.75 Å². The summed E-state index contributed by atoms with van der Waals surface area (Å²) < 4.78 is 0. The zero-order chi connectivity index (χ0) is 94.8. The number of likely N-dealkylation sites (N-methyl/N-ethyl adjacent to an activating group) is 3. The fourth-order valence-electron chi connectivity index (χ4n) is 15.5. The molecule has 3 aliphatic rings. The number of phenolic OH excluding ortho intramolecular Hbond substituents is 1.